The molecule has 0 aliphatic carbocycles. The summed E-state index contributed by atoms with van der Waals surface area (Å²) < 4.78 is 48.3. The second-order valence-corrected chi connectivity index (χ2v) is 10.4. The van der Waals surface area contributed by atoms with Gasteiger partial charge in [0.25, 0.3) is 5.91 Å². The highest BCUT2D eigenvalue weighted by Gasteiger charge is 2.31. The van der Waals surface area contributed by atoms with Gasteiger partial charge in [-0.25, -0.2) is 5.84 Å². The number of alkyl halides is 3. The van der Waals surface area contributed by atoms with E-state index in [9.17, 15) is 18.0 Å². The number of rotatable bonds is 11. The van der Waals surface area contributed by atoms with Crippen LogP contribution in [-0.2, 0) is 29.2 Å². The lowest BCUT2D eigenvalue weighted by Crippen LogP contribution is -2.37. The highest BCUT2D eigenvalue weighted by atomic mass is 19.4. The van der Waals surface area contributed by atoms with E-state index in [0.717, 1.165) is 30.9 Å². The number of nitrogens with two attached hydrogens (primary N) is 2. The average Bonchev–Trinajstić information content (AvgIpc) is 3.27. The Morgan fingerprint density at radius 1 is 1.26 bits per heavy atom. The van der Waals surface area contributed by atoms with Crippen LogP contribution in [0.2, 0.25) is 0 Å². The molecule has 1 aliphatic rings. The number of amides is 1. The van der Waals surface area contributed by atoms with Crippen molar-refractivity contribution in [3.8, 4) is 0 Å². The lowest BCUT2D eigenvalue weighted by atomic mass is 10.0. The number of hydrogen-bond acceptors (Lipinski definition) is 7. The molecule has 0 unspecified atom stereocenters. The molecule has 1 fully saturated rings. The first kappa shape index (κ1) is 32.6. The van der Waals surface area contributed by atoms with Gasteiger partial charge in [0.1, 0.15) is 0 Å². The number of nitrogens with zero attached hydrogens (tertiary/aromatic N) is 4. The van der Waals surface area contributed by atoms with Crippen molar-refractivity contribution in [1.82, 2.24) is 19.7 Å². The number of hydrazine groups is 1. The van der Waals surface area contributed by atoms with E-state index in [1.165, 1.54) is 23.4 Å². The Balaban J connectivity index is 1.87. The summed E-state index contributed by atoms with van der Waals surface area (Å²) in [4.78, 5) is 15.5. The Morgan fingerprint density at radius 2 is 1.95 bits per heavy atom. The van der Waals surface area contributed by atoms with E-state index >= 15 is 0 Å². The van der Waals surface area contributed by atoms with Gasteiger partial charge in [0, 0.05) is 61.1 Å². The van der Waals surface area contributed by atoms with Crippen LogP contribution < -0.4 is 16.9 Å². The minimum atomic E-state index is -4.57. The van der Waals surface area contributed by atoms with Crippen LogP contribution in [0, 0.1) is 12.8 Å². The second-order valence-electron chi connectivity index (χ2n) is 10.4. The summed E-state index contributed by atoms with van der Waals surface area (Å²) >= 11 is 0. The maximum absolute atomic E-state index is 13.7. The molecule has 228 valence electrons. The normalized spacial score (nSPS) is 15.7. The second kappa shape index (κ2) is 14.3. The fraction of sp³-hybridized carbons (Fsp3) is 0.400. The van der Waals surface area contributed by atoms with E-state index in [1.807, 2.05) is 20.8 Å². The van der Waals surface area contributed by atoms with Crippen molar-refractivity contribution in [1.29, 1.82) is 0 Å². The number of benzene rings is 1. The summed E-state index contributed by atoms with van der Waals surface area (Å²) in [6.45, 7) is 12.6. The average molecular weight is 588 g/mol. The van der Waals surface area contributed by atoms with Crippen LogP contribution in [-0.4, -0.2) is 58.4 Å². The van der Waals surface area contributed by atoms with Crippen LogP contribution in [0.1, 0.15) is 36.2 Å². The van der Waals surface area contributed by atoms with Gasteiger partial charge >= 0.3 is 6.18 Å². The summed E-state index contributed by atoms with van der Waals surface area (Å²) in [6, 6.07) is 3.63. The molecule has 0 saturated carbocycles. The van der Waals surface area contributed by atoms with Crippen LogP contribution in [0.5, 0.6) is 0 Å². The summed E-state index contributed by atoms with van der Waals surface area (Å²) in [6.07, 6.45) is 3.45. The molecule has 1 aromatic carbocycles. The fourth-order valence-electron chi connectivity index (χ4n) is 4.48. The van der Waals surface area contributed by atoms with Gasteiger partial charge in [0.15, 0.2) is 0 Å². The number of carbonyl (C=O) groups excluding carboxylic acids is 1. The van der Waals surface area contributed by atoms with E-state index in [1.54, 1.807) is 30.1 Å². The van der Waals surface area contributed by atoms with Crippen LogP contribution in [0.4, 0.5) is 18.9 Å². The molecule has 2 aromatic rings. The summed E-state index contributed by atoms with van der Waals surface area (Å²) in [5, 5.41) is 8.15. The zero-order valence-corrected chi connectivity index (χ0v) is 24.5. The van der Waals surface area contributed by atoms with Crippen molar-refractivity contribution in [3.63, 3.8) is 0 Å². The molecule has 0 spiro atoms. The van der Waals surface area contributed by atoms with Crippen LogP contribution in [0.15, 0.2) is 66.7 Å². The molecule has 1 aliphatic heterocycles. The van der Waals surface area contributed by atoms with Gasteiger partial charge in [-0.15, -0.1) is 0 Å². The van der Waals surface area contributed by atoms with Crippen molar-refractivity contribution < 1.29 is 22.7 Å². The van der Waals surface area contributed by atoms with E-state index in [2.05, 4.69) is 21.9 Å². The molecule has 2 heterocycles. The lowest BCUT2D eigenvalue weighted by molar-refractivity contribution is -0.137. The van der Waals surface area contributed by atoms with Crippen molar-refractivity contribution in [2.24, 2.45) is 24.5 Å². The summed E-state index contributed by atoms with van der Waals surface area (Å²) in [5.41, 5.74) is 8.60. The molecular formula is C30H40F3N7O2. The Bertz CT molecular complexity index is 1350. The lowest BCUT2D eigenvalue weighted by Gasteiger charge is -2.26. The number of halogens is 3. The number of anilines is 1. The van der Waals surface area contributed by atoms with Crippen molar-refractivity contribution in [3.05, 3.63) is 89.1 Å². The van der Waals surface area contributed by atoms with Gasteiger partial charge in [-0.1, -0.05) is 26.5 Å². The third-order valence-electron chi connectivity index (χ3n) is 6.98. The Labute approximate surface area is 244 Å². The highest BCUT2D eigenvalue weighted by Crippen LogP contribution is 2.32. The highest BCUT2D eigenvalue weighted by molar-refractivity contribution is 6.06. The molecule has 42 heavy (non-hydrogen) atoms. The van der Waals surface area contributed by atoms with E-state index < -0.39 is 17.6 Å². The molecule has 1 aromatic heterocycles. The maximum atomic E-state index is 13.7. The molecule has 0 bridgehead atoms. The number of allylic oxidation sites excluding steroid dienone is 3. The number of aryl methyl sites for hydroxylation is 1. The third-order valence-corrected chi connectivity index (χ3v) is 6.98. The van der Waals surface area contributed by atoms with Gasteiger partial charge in [0.05, 0.1) is 30.7 Å². The topological polar surface area (TPSA) is 115 Å². The molecule has 0 atom stereocenters. The van der Waals surface area contributed by atoms with Crippen molar-refractivity contribution >= 4 is 17.3 Å². The number of carbonyl (C=O) groups is 1. The largest absolute Gasteiger partial charge is 0.416 e. The van der Waals surface area contributed by atoms with Crippen LogP contribution in [0.25, 0.3) is 5.70 Å². The van der Waals surface area contributed by atoms with Gasteiger partial charge in [-0.3, -0.25) is 19.4 Å². The first-order chi connectivity index (χ1) is 19.8. The molecule has 12 heteroatoms. The van der Waals surface area contributed by atoms with Gasteiger partial charge in [0.2, 0.25) is 0 Å². The van der Waals surface area contributed by atoms with E-state index in [0.29, 0.717) is 48.7 Å². The minimum absolute atomic E-state index is 0.0436. The molecule has 3 rings (SSSR count). The zero-order valence-electron chi connectivity index (χ0n) is 24.5. The zero-order chi connectivity index (χ0) is 31.0. The first-order valence-electron chi connectivity index (χ1n) is 13.7. The molecule has 1 saturated heterocycles. The number of ether oxygens (including phenoxy) is 1. The van der Waals surface area contributed by atoms with Crippen LogP contribution in [0.3, 0.4) is 0 Å². The van der Waals surface area contributed by atoms with Gasteiger partial charge < -0.3 is 15.8 Å². The predicted molar refractivity (Wildman–Crippen MR) is 158 cm³/mol. The number of nitrogens with one attached hydrogen (secondary N) is 1. The quantitative estimate of drug-likeness (QED) is 0.155. The van der Waals surface area contributed by atoms with Gasteiger partial charge in [-0.05, 0) is 55.2 Å². The number of aromatic nitrogens is 2. The SMILES string of the molecule is C=C/C=C(\C=C(/C(C)C)N(N)/C=C(\N)c1cnn(C)c1C)C(=O)Nc1cc(CCN2CCOCC2)cc(C(F)(F)F)c1. The Kier molecular flexibility index (Phi) is 11.1. The smallest absolute Gasteiger partial charge is 0.397 e. The summed E-state index contributed by atoms with van der Waals surface area (Å²) in [5.74, 6) is 5.60. The Hall–Kier alpha value is -3.87. The van der Waals surface area contributed by atoms with Crippen molar-refractivity contribution in [2.45, 2.75) is 33.4 Å². The molecule has 0 radical (unpaired) electrons. The monoisotopic (exact) mass is 587 g/mol. The van der Waals surface area contributed by atoms with Crippen LogP contribution >= 0.6 is 0 Å². The molecule has 1 amide bonds. The number of hydrogen-bond donors (Lipinski definition) is 3. The molecule has 5 N–H and O–H groups in total. The number of morpholine rings is 1. The standard InChI is InChI=1S/C30H40F3N7O2/c1-6-7-23(16-28(20(2)3)40(35)19-27(34)26-18-36-38(5)21(26)4)29(41)37-25-15-22(14-24(17-25)30(31,32)33)8-9-39-10-12-42-13-11-39/h6-7,14-20H,1,8-13,34-35H2,2-5H3,(H,37,41)/b23-7+,27-19-,28-16+. The minimum Gasteiger partial charge on any atom is -0.397 e. The maximum Gasteiger partial charge on any atom is 0.416 e. The van der Waals surface area contributed by atoms with E-state index in [4.69, 9.17) is 16.3 Å². The molecular weight excluding hydrogens is 547 g/mol. The van der Waals surface area contributed by atoms with E-state index in [-0.39, 0.29) is 17.2 Å². The first-order valence-corrected chi connectivity index (χ1v) is 13.7. The predicted octanol–water partition coefficient (Wildman–Crippen LogP) is 4.35. The molecule has 9 nitrogen and oxygen atoms in total. The van der Waals surface area contributed by atoms with Crippen molar-refractivity contribution in [2.75, 3.05) is 38.2 Å². The Morgan fingerprint density at radius 3 is 2.52 bits per heavy atom. The fourth-order valence-corrected chi connectivity index (χ4v) is 4.48. The third kappa shape index (κ3) is 8.81. The summed E-state index contributed by atoms with van der Waals surface area (Å²) in [7, 11) is 1.80. The van der Waals surface area contributed by atoms with Gasteiger partial charge in [-0.2, -0.15) is 18.3 Å².